The largest absolute Gasteiger partial charge is 0.474 e. The third-order valence-corrected chi connectivity index (χ3v) is 16.3. The normalized spacial score (nSPS) is 21.5. The van der Waals surface area contributed by atoms with Crippen molar-refractivity contribution >= 4 is 55.5 Å². The van der Waals surface area contributed by atoms with E-state index in [0.29, 0.717) is 66.7 Å². The van der Waals surface area contributed by atoms with Crippen molar-refractivity contribution in [3.8, 4) is 5.88 Å². The SMILES string of the molecule is O=C(NS(=O)(=O)c1cnc(NCC2CCOCC2)c([N+](=O)[O-])c1)c1ccc(N2CCC3(CC2)CC(N2CCC[C@H]2c2ccccc2C2CC2)C3)cc1N1CCOc2nc3[nH]ccc3cc21. The van der Waals surface area contributed by atoms with E-state index in [-0.39, 0.29) is 23.9 Å². The summed E-state index contributed by atoms with van der Waals surface area (Å²) in [5.41, 5.74) is 5.84. The molecule has 0 bridgehead atoms. The number of aromatic amines is 1. The number of amides is 1. The molecule has 2 saturated carbocycles. The zero-order valence-electron chi connectivity index (χ0n) is 36.4. The minimum atomic E-state index is -4.60. The van der Waals surface area contributed by atoms with Crippen LogP contribution in [0.1, 0.15) is 97.7 Å². The van der Waals surface area contributed by atoms with Crippen molar-refractivity contribution in [2.45, 2.75) is 87.1 Å². The number of likely N-dealkylation sites (tertiary alicyclic amines) is 1. The zero-order valence-corrected chi connectivity index (χ0v) is 37.2. The van der Waals surface area contributed by atoms with E-state index in [0.717, 1.165) is 68.0 Å². The molecule has 5 aromatic rings. The van der Waals surface area contributed by atoms with Gasteiger partial charge in [-0.25, -0.2) is 18.1 Å². The van der Waals surface area contributed by atoms with Crippen LogP contribution in [0.3, 0.4) is 0 Å². The first-order valence-corrected chi connectivity index (χ1v) is 24.7. The lowest BCUT2D eigenvalue weighted by Crippen LogP contribution is -2.55. The van der Waals surface area contributed by atoms with E-state index in [9.17, 15) is 23.3 Å². The van der Waals surface area contributed by atoms with Gasteiger partial charge in [-0.2, -0.15) is 4.98 Å². The summed E-state index contributed by atoms with van der Waals surface area (Å²) in [6, 6.07) is 20.7. The monoisotopic (exact) mass is 901 g/mol. The lowest BCUT2D eigenvalue weighted by atomic mass is 9.59. The highest BCUT2D eigenvalue weighted by Crippen LogP contribution is 2.55. The molecule has 4 aliphatic heterocycles. The minimum Gasteiger partial charge on any atom is -0.474 e. The van der Waals surface area contributed by atoms with Gasteiger partial charge in [-0.15, -0.1) is 0 Å². The number of benzene rings is 2. The molecule has 2 aromatic carbocycles. The molecule has 1 spiro atoms. The summed E-state index contributed by atoms with van der Waals surface area (Å²) in [6.07, 6.45) is 14.2. The number of ether oxygens (including phenoxy) is 2. The van der Waals surface area contributed by atoms with Crippen molar-refractivity contribution in [1.29, 1.82) is 0 Å². The summed E-state index contributed by atoms with van der Waals surface area (Å²) in [5.74, 6) is 0.474. The van der Waals surface area contributed by atoms with Crippen LogP contribution in [0, 0.1) is 21.4 Å². The maximum Gasteiger partial charge on any atom is 0.312 e. The van der Waals surface area contributed by atoms with Gasteiger partial charge < -0.3 is 29.6 Å². The van der Waals surface area contributed by atoms with Gasteiger partial charge in [0.1, 0.15) is 22.8 Å². The Morgan fingerprint density at radius 1 is 0.923 bits per heavy atom. The molecule has 65 heavy (non-hydrogen) atoms. The number of rotatable bonds is 12. The van der Waals surface area contributed by atoms with Gasteiger partial charge in [-0.3, -0.25) is 19.8 Å². The van der Waals surface area contributed by atoms with Crippen molar-refractivity contribution in [2.75, 3.05) is 67.7 Å². The number of nitro groups is 1. The summed E-state index contributed by atoms with van der Waals surface area (Å²) in [4.78, 5) is 44.4. The molecule has 16 nitrogen and oxygen atoms in total. The van der Waals surface area contributed by atoms with Crippen molar-refractivity contribution in [2.24, 2.45) is 11.3 Å². The van der Waals surface area contributed by atoms with Crippen LogP contribution in [-0.4, -0.2) is 97.7 Å². The second kappa shape index (κ2) is 16.9. The van der Waals surface area contributed by atoms with E-state index in [2.05, 4.69) is 54.1 Å². The number of hydrogen-bond acceptors (Lipinski definition) is 13. The van der Waals surface area contributed by atoms with Crippen LogP contribution in [0.25, 0.3) is 11.0 Å². The fourth-order valence-electron chi connectivity index (χ4n) is 11.2. The van der Waals surface area contributed by atoms with E-state index in [1.807, 2.05) is 29.2 Å². The Morgan fingerprint density at radius 3 is 2.51 bits per heavy atom. The molecule has 3 N–H and O–H groups in total. The maximum atomic E-state index is 14.3. The number of carbonyl (C=O) groups is 1. The van der Waals surface area contributed by atoms with Gasteiger partial charge in [0, 0.05) is 68.3 Å². The van der Waals surface area contributed by atoms with Crippen LogP contribution in [0.2, 0.25) is 0 Å². The quantitative estimate of drug-likeness (QED) is 0.0813. The van der Waals surface area contributed by atoms with Crippen molar-refractivity contribution in [1.82, 2.24) is 24.6 Å². The summed E-state index contributed by atoms with van der Waals surface area (Å²) in [5, 5.41) is 16.0. The highest BCUT2D eigenvalue weighted by atomic mass is 32.2. The number of H-pyrrole nitrogens is 1. The number of pyridine rings is 2. The van der Waals surface area contributed by atoms with Gasteiger partial charge >= 0.3 is 5.69 Å². The maximum absolute atomic E-state index is 14.3. The number of carbonyl (C=O) groups excluding carboxylic acids is 1. The second-order valence-corrected chi connectivity index (χ2v) is 20.6. The number of nitrogens with one attached hydrogen (secondary N) is 3. The fraction of sp³-hybridized carbons (Fsp3) is 0.479. The Hall–Kier alpha value is -5.78. The summed E-state index contributed by atoms with van der Waals surface area (Å²) in [7, 11) is -4.60. The molecule has 3 saturated heterocycles. The Labute approximate surface area is 378 Å². The lowest BCUT2D eigenvalue weighted by Gasteiger charge is -2.56. The molecule has 7 heterocycles. The lowest BCUT2D eigenvalue weighted by molar-refractivity contribution is -0.384. The Bertz CT molecular complexity index is 2740. The fourth-order valence-corrected chi connectivity index (χ4v) is 12.2. The number of aromatic nitrogens is 3. The topological polar surface area (TPSA) is 188 Å². The predicted octanol–water partition coefficient (Wildman–Crippen LogP) is 7.82. The van der Waals surface area contributed by atoms with E-state index in [1.165, 1.54) is 45.1 Å². The van der Waals surface area contributed by atoms with E-state index in [1.54, 1.807) is 23.4 Å². The third-order valence-electron chi connectivity index (χ3n) is 15.0. The predicted molar refractivity (Wildman–Crippen MR) is 247 cm³/mol. The molecule has 2 aliphatic carbocycles. The number of nitrogens with zero attached hydrogens (tertiary/aromatic N) is 6. The van der Waals surface area contributed by atoms with Crippen LogP contribution >= 0.6 is 0 Å². The third kappa shape index (κ3) is 8.15. The first-order valence-electron chi connectivity index (χ1n) is 23.3. The average Bonchev–Trinajstić information content (AvgIpc) is 3.87. The van der Waals surface area contributed by atoms with Gasteiger partial charge in [0.15, 0.2) is 0 Å². The molecule has 11 rings (SSSR count). The first kappa shape index (κ1) is 41.9. The molecule has 1 amide bonds. The van der Waals surface area contributed by atoms with Gasteiger partial charge in [0.05, 0.1) is 28.9 Å². The summed E-state index contributed by atoms with van der Waals surface area (Å²) >= 11 is 0. The number of fused-ring (bicyclic) bond motifs is 2. The minimum absolute atomic E-state index is 0.0351. The van der Waals surface area contributed by atoms with Crippen LogP contribution in [0.15, 0.2) is 78.0 Å². The molecular weight excluding hydrogens is 847 g/mol. The van der Waals surface area contributed by atoms with Crippen molar-refractivity contribution in [3.63, 3.8) is 0 Å². The van der Waals surface area contributed by atoms with Gasteiger partial charge in [-0.05, 0) is 129 Å². The number of piperidine rings is 1. The highest BCUT2D eigenvalue weighted by molar-refractivity contribution is 7.90. The molecule has 17 heteroatoms. The second-order valence-electron chi connectivity index (χ2n) is 18.9. The van der Waals surface area contributed by atoms with Gasteiger partial charge in [-0.1, -0.05) is 24.3 Å². The average molecular weight is 902 g/mol. The standard InChI is InChI=1S/C48H55N9O7S/c58-46(53-65(61,62)36-26-42(57(59)60)45(51-30-36)50-29-31-12-21-63-22-13-31)39-10-9-34(25-41(39)56-20-23-64-47-43(56)24-33-11-16-49-44(33)52-47)54-18-14-48(15-19-54)27-35(28-48)55-17-3-6-40(55)38-5-2-1-4-37(38)32-7-8-32/h1-2,4-5,9-11,16,24-26,30-32,35,40H,3,6-8,12-15,17-23,27-29H2,(H,49,52)(H,50,51)(H,53,58)/t40-/m0/s1. The van der Waals surface area contributed by atoms with Gasteiger partial charge in [0.2, 0.25) is 11.7 Å². The summed E-state index contributed by atoms with van der Waals surface area (Å²) in [6.45, 7) is 5.25. The number of anilines is 4. The highest BCUT2D eigenvalue weighted by Gasteiger charge is 2.50. The number of sulfonamides is 1. The van der Waals surface area contributed by atoms with E-state index in [4.69, 9.17) is 14.5 Å². The van der Waals surface area contributed by atoms with Crippen molar-refractivity contribution in [3.05, 3.63) is 99.9 Å². The molecule has 6 aliphatic rings. The van der Waals surface area contributed by atoms with Crippen LogP contribution in [0.5, 0.6) is 5.88 Å². The molecule has 3 aromatic heterocycles. The van der Waals surface area contributed by atoms with Crippen molar-refractivity contribution < 1.29 is 27.6 Å². The Balaban J connectivity index is 0.830. The van der Waals surface area contributed by atoms with Crippen LogP contribution in [0.4, 0.5) is 28.6 Å². The zero-order chi connectivity index (χ0) is 44.3. The molecule has 0 radical (unpaired) electrons. The summed E-state index contributed by atoms with van der Waals surface area (Å²) < 4.78 is 41.4. The van der Waals surface area contributed by atoms with Crippen LogP contribution in [-0.2, 0) is 14.8 Å². The Morgan fingerprint density at radius 2 is 1.72 bits per heavy atom. The Kier molecular flexibility index (Phi) is 10.9. The molecular formula is C48H55N9O7S. The van der Waals surface area contributed by atoms with E-state index >= 15 is 0 Å². The molecule has 5 fully saturated rings. The van der Waals surface area contributed by atoms with Crippen LogP contribution < -0.4 is 24.6 Å². The molecule has 0 unspecified atom stereocenters. The van der Waals surface area contributed by atoms with E-state index < -0.39 is 31.4 Å². The van der Waals surface area contributed by atoms with Gasteiger partial charge in [0.25, 0.3) is 15.9 Å². The number of hydrogen-bond donors (Lipinski definition) is 3. The smallest absolute Gasteiger partial charge is 0.312 e. The first-order chi connectivity index (χ1) is 31.6. The molecule has 1 atom stereocenters. The molecule has 340 valence electrons.